The summed E-state index contributed by atoms with van der Waals surface area (Å²) >= 11 is 1.58. The minimum absolute atomic E-state index is 0.164. The lowest BCUT2D eigenvalue weighted by Crippen LogP contribution is -2.21. The van der Waals surface area contributed by atoms with E-state index in [0.29, 0.717) is 40.7 Å². The summed E-state index contributed by atoms with van der Waals surface area (Å²) in [5.74, 6) is 0.802. The molecule has 0 radical (unpaired) electrons. The Hall–Kier alpha value is -4.37. The van der Waals surface area contributed by atoms with Crippen molar-refractivity contribution in [1.82, 2.24) is 24.2 Å². The molecule has 6 aromatic rings. The Balaban J connectivity index is 1.49. The molecule has 0 aliphatic rings. The highest BCUT2D eigenvalue weighted by Gasteiger charge is 2.19. The first-order valence-corrected chi connectivity index (χ1v) is 12.0. The fraction of sp³-hybridized carbons (Fsp3) is 0.115. The lowest BCUT2D eigenvalue weighted by atomic mass is 10.1. The fourth-order valence-corrected chi connectivity index (χ4v) is 4.62. The second-order valence-electron chi connectivity index (χ2n) is 8.00. The van der Waals surface area contributed by atoms with Crippen molar-refractivity contribution in [3.63, 3.8) is 0 Å². The number of ether oxygens (including phenoxy) is 1. The Kier molecular flexibility index (Phi) is 5.31. The molecule has 9 heteroatoms. The zero-order valence-corrected chi connectivity index (χ0v) is 19.6. The Labute approximate surface area is 203 Å². The van der Waals surface area contributed by atoms with Crippen LogP contribution in [0.25, 0.3) is 33.2 Å². The van der Waals surface area contributed by atoms with Gasteiger partial charge in [0.25, 0.3) is 5.56 Å². The number of thiophene rings is 1. The molecule has 0 unspecified atom stereocenters. The summed E-state index contributed by atoms with van der Waals surface area (Å²) in [7, 11) is 1.64. The minimum atomic E-state index is -0.164. The summed E-state index contributed by atoms with van der Waals surface area (Å²) in [6, 6.07) is 19.4. The fourth-order valence-electron chi connectivity index (χ4n) is 4.04. The molecule has 0 fully saturated rings. The standard InChI is InChI=1S/C26H20N6O2S/c1-34-18-10-8-17(9-11-18)12-13-31-16-27-24-22(26(31)33)23-25(30-21-7-3-2-6-20(21)29-23)32(24)28-15-19-5-4-14-35-19/h2-11,14-16H,12-13H2,1H3. The molecule has 2 aromatic carbocycles. The number of methoxy groups -OCH3 is 1. The van der Waals surface area contributed by atoms with Crippen molar-refractivity contribution < 1.29 is 4.74 Å². The van der Waals surface area contributed by atoms with Crippen LogP contribution in [-0.4, -0.2) is 37.5 Å². The van der Waals surface area contributed by atoms with E-state index < -0.39 is 0 Å². The lowest BCUT2D eigenvalue weighted by molar-refractivity contribution is 0.414. The number of aryl methyl sites for hydroxylation is 2. The molecule has 0 bridgehead atoms. The van der Waals surface area contributed by atoms with Crippen LogP contribution in [0.3, 0.4) is 0 Å². The summed E-state index contributed by atoms with van der Waals surface area (Å²) in [5.41, 5.74) is 3.83. The van der Waals surface area contributed by atoms with Gasteiger partial charge in [-0.25, -0.2) is 15.0 Å². The predicted molar refractivity (Wildman–Crippen MR) is 139 cm³/mol. The first-order valence-electron chi connectivity index (χ1n) is 11.1. The predicted octanol–water partition coefficient (Wildman–Crippen LogP) is 4.49. The van der Waals surface area contributed by atoms with Gasteiger partial charge in [0.2, 0.25) is 0 Å². The minimum Gasteiger partial charge on any atom is -0.497 e. The molecule has 0 spiro atoms. The first kappa shape index (κ1) is 21.2. The molecular formula is C26H20N6O2S. The monoisotopic (exact) mass is 480 g/mol. The van der Waals surface area contributed by atoms with Gasteiger partial charge in [-0.3, -0.25) is 9.36 Å². The third-order valence-corrected chi connectivity index (χ3v) is 6.66. The number of hydrogen-bond donors (Lipinski definition) is 0. The molecule has 0 amide bonds. The van der Waals surface area contributed by atoms with E-state index in [0.717, 1.165) is 21.7 Å². The molecule has 172 valence electrons. The average molecular weight is 481 g/mol. The quantitative estimate of drug-likeness (QED) is 0.328. The summed E-state index contributed by atoms with van der Waals surface area (Å²) in [6.45, 7) is 0.486. The van der Waals surface area contributed by atoms with Gasteiger partial charge in [-0.2, -0.15) is 9.78 Å². The van der Waals surface area contributed by atoms with Crippen LogP contribution in [0, 0.1) is 0 Å². The number of hydrogen-bond acceptors (Lipinski definition) is 7. The average Bonchev–Trinajstić information content (AvgIpc) is 3.52. The normalized spacial score (nSPS) is 11.8. The summed E-state index contributed by atoms with van der Waals surface area (Å²) < 4.78 is 8.46. The van der Waals surface area contributed by atoms with E-state index in [-0.39, 0.29) is 5.56 Å². The van der Waals surface area contributed by atoms with E-state index in [4.69, 9.17) is 14.7 Å². The smallest absolute Gasteiger partial charge is 0.265 e. The number of aromatic nitrogens is 5. The number of para-hydroxylation sites is 2. The lowest BCUT2D eigenvalue weighted by Gasteiger charge is -2.06. The van der Waals surface area contributed by atoms with Gasteiger partial charge in [-0.15, -0.1) is 11.3 Å². The van der Waals surface area contributed by atoms with Crippen molar-refractivity contribution in [2.24, 2.45) is 5.10 Å². The molecule has 35 heavy (non-hydrogen) atoms. The maximum atomic E-state index is 13.6. The highest BCUT2D eigenvalue weighted by atomic mass is 32.1. The van der Waals surface area contributed by atoms with Crippen LogP contribution in [-0.2, 0) is 13.0 Å². The van der Waals surface area contributed by atoms with Crippen molar-refractivity contribution in [3.8, 4) is 5.75 Å². The van der Waals surface area contributed by atoms with E-state index in [1.54, 1.807) is 40.2 Å². The van der Waals surface area contributed by atoms with E-state index in [2.05, 4.69) is 10.1 Å². The van der Waals surface area contributed by atoms with Crippen LogP contribution in [0.4, 0.5) is 0 Å². The highest BCUT2D eigenvalue weighted by Crippen LogP contribution is 2.25. The molecule has 0 aliphatic heterocycles. The molecule has 0 saturated carbocycles. The molecule has 0 aliphatic carbocycles. The van der Waals surface area contributed by atoms with E-state index in [1.165, 1.54) is 0 Å². The maximum Gasteiger partial charge on any atom is 0.265 e. The van der Waals surface area contributed by atoms with Crippen molar-refractivity contribution >= 4 is 50.8 Å². The van der Waals surface area contributed by atoms with Gasteiger partial charge in [0.05, 0.1) is 30.7 Å². The molecule has 0 saturated heterocycles. The highest BCUT2D eigenvalue weighted by molar-refractivity contribution is 7.11. The second kappa shape index (κ2) is 8.77. The molecule has 6 rings (SSSR count). The van der Waals surface area contributed by atoms with Gasteiger partial charge in [-0.1, -0.05) is 30.3 Å². The summed E-state index contributed by atoms with van der Waals surface area (Å²) in [4.78, 5) is 28.8. The molecule has 0 atom stereocenters. The van der Waals surface area contributed by atoms with Crippen LogP contribution < -0.4 is 10.3 Å². The van der Waals surface area contributed by atoms with Crippen LogP contribution in [0.2, 0.25) is 0 Å². The Morgan fingerprint density at radius 2 is 1.80 bits per heavy atom. The summed E-state index contributed by atoms with van der Waals surface area (Å²) in [6.07, 6.45) is 4.00. The van der Waals surface area contributed by atoms with Gasteiger partial charge in [0.1, 0.15) is 16.7 Å². The SMILES string of the molecule is COc1ccc(CCn2cnc3c(c2=O)c2nc4ccccc4nc2n3N=Cc2cccs2)cc1. The van der Waals surface area contributed by atoms with Gasteiger partial charge >= 0.3 is 0 Å². The van der Waals surface area contributed by atoms with Gasteiger partial charge in [0.15, 0.2) is 11.3 Å². The molecule has 8 nitrogen and oxygen atoms in total. The van der Waals surface area contributed by atoms with Crippen molar-refractivity contribution in [1.29, 1.82) is 0 Å². The van der Waals surface area contributed by atoms with Gasteiger partial charge < -0.3 is 4.74 Å². The zero-order valence-electron chi connectivity index (χ0n) is 18.8. The molecule has 0 N–H and O–H groups in total. The molecule has 4 aromatic heterocycles. The zero-order chi connectivity index (χ0) is 23.8. The Bertz CT molecular complexity index is 1750. The number of rotatable bonds is 6. The number of benzene rings is 2. The summed E-state index contributed by atoms with van der Waals surface area (Å²) in [5, 5.41) is 7.03. The molecule has 4 heterocycles. The topological polar surface area (TPSA) is 87.2 Å². The Morgan fingerprint density at radius 3 is 2.54 bits per heavy atom. The van der Waals surface area contributed by atoms with Crippen molar-refractivity contribution in [2.45, 2.75) is 13.0 Å². The largest absolute Gasteiger partial charge is 0.497 e. The van der Waals surface area contributed by atoms with Crippen molar-refractivity contribution in [2.75, 3.05) is 7.11 Å². The Morgan fingerprint density at radius 1 is 1.00 bits per heavy atom. The number of nitrogens with zero attached hydrogens (tertiary/aromatic N) is 6. The maximum absolute atomic E-state index is 13.6. The number of fused-ring (bicyclic) bond motifs is 4. The van der Waals surface area contributed by atoms with Crippen molar-refractivity contribution in [3.05, 3.63) is 93.2 Å². The van der Waals surface area contributed by atoms with Crippen LogP contribution in [0.5, 0.6) is 5.75 Å². The third-order valence-electron chi connectivity index (χ3n) is 5.85. The second-order valence-corrected chi connectivity index (χ2v) is 8.98. The van der Waals surface area contributed by atoms with Crippen LogP contribution in [0.1, 0.15) is 10.4 Å². The first-order chi connectivity index (χ1) is 17.2. The van der Waals surface area contributed by atoms with Gasteiger partial charge in [0, 0.05) is 11.4 Å². The van der Waals surface area contributed by atoms with Crippen LogP contribution in [0.15, 0.2) is 82.3 Å². The van der Waals surface area contributed by atoms with Gasteiger partial charge in [-0.05, 0) is 47.7 Å². The van der Waals surface area contributed by atoms with E-state index in [1.807, 2.05) is 66.0 Å². The van der Waals surface area contributed by atoms with Crippen LogP contribution >= 0.6 is 11.3 Å². The van der Waals surface area contributed by atoms with E-state index >= 15 is 0 Å². The van der Waals surface area contributed by atoms with E-state index in [9.17, 15) is 4.79 Å². The molecular weight excluding hydrogens is 460 g/mol. The third kappa shape index (κ3) is 3.85.